The molecule has 0 amide bonds. The summed E-state index contributed by atoms with van der Waals surface area (Å²) < 4.78 is 14.2. The predicted molar refractivity (Wildman–Crippen MR) is 74.7 cm³/mol. The van der Waals surface area contributed by atoms with Gasteiger partial charge in [-0.25, -0.2) is 4.39 Å². The topological polar surface area (TPSA) is 12.0 Å². The standard InChI is InChI=1S/C14H21BrFN/c1-4-14(17-5-2)10(3)8-11-9-12(16)6-7-13(11)15/h6-7,9-10,14,17H,4-5,8H2,1-3H3. The average molecular weight is 302 g/mol. The van der Waals surface area contributed by atoms with Gasteiger partial charge < -0.3 is 5.32 Å². The second-order valence-corrected chi connectivity index (χ2v) is 5.34. The zero-order chi connectivity index (χ0) is 12.8. The van der Waals surface area contributed by atoms with Crippen LogP contribution in [-0.2, 0) is 6.42 Å². The van der Waals surface area contributed by atoms with Gasteiger partial charge in [0.1, 0.15) is 5.82 Å². The summed E-state index contributed by atoms with van der Waals surface area (Å²) in [6, 6.07) is 5.39. The Morgan fingerprint density at radius 1 is 1.35 bits per heavy atom. The fourth-order valence-corrected chi connectivity index (χ4v) is 2.61. The first-order chi connectivity index (χ1) is 8.08. The van der Waals surface area contributed by atoms with Gasteiger partial charge in [0, 0.05) is 10.5 Å². The number of hydrogen-bond acceptors (Lipinski definition) is 1. The minimum Gasteiger partial charge on any atom is -0.314 e. The summed E-state index contributed by atoms with van der Waals surface area (Å²) in [5.41, 5.74) is 1.05. The molecule has 3 heteroatoms. The van der Waals surface area contributed by atoms with Crippen LogP contribution < -0.4 is 5.32 Å². The van der Waals surface area contributed by atoms with Crippen molar-refractivity contribution in [2.24, 2.45) is 5.92 Å². The van der Waals surface area contributed by atoms with Gasteiger partial charge in [-0.05, 0) is 49.1 Å². The fraction of sp³-hybridized carbons (Fsp3) is 0.571. The van der Waals surface area contributed by atoms with Gasteiger partial charge in [-0.15, -0.1) is 0 Å². The molecule has 0 spiro atoms. The lowest BCUT2D eigenvalue weighted by atomic mass is 9.92. The Balaban J connectivity index is 2.72. The van der Waals surface area contributed by atoms with Gasteiger partial charge in [-0.3, -0.25) is 0 Å². The first-order valence-electron chi connectivity index (χ1n) is 6.25. The van der Waals surface area contributed by atoms with E-state index in [-0.39, 0.29) is 5.82 Å². The Kier molecular flexibility index (Phi) is 6.14. The second kappa shape index (κ2) is 7.12. The summed E-state index contributed by atoms with van der Waals surface area (Å²) in [6.45, 7) is 7.50. The molecule has 1 aromatic rings. The van der Waals surface area contributed by atoms with Crippen LogP contribution in [0.15, 0.2) is 22.7 Å². The number of rotatable bonds is 6. The molecule has 0 saturated heterocycles. The number of nitrogens with one attached hydrogen (secondary N) is 1. The second-order valence-electron chi connectivity index (χ2n) is 4.49. The summed E-state index contributed by atoms with van der Waals surface area (Å²) in [5, 5.41) is 3.48. The predicted octanol–water partition coefficient (Wildman–Crippen LogP) is 4.15. The molecular weight excluding hydrogens is 281 g/mol. The third kappa shape index (κ3) is 4.40. The molecule has 0 fully saturated rings. The summed E-state index contributed by atoms with van der Waals surface area (Å²) in [5.74, 6) is 0.338. The van der Waals surface area contributed by atoms with Gasteiger partial charge in [-0.1, -0.05) is 36.7 Å². The van der Waals surface area contributed by atoms with Crippen LogP contribution in [0.1, 0.15) is 32.8 Å². The molecule has 0 aliphatic heterocycles. The molecular formula is C14H21BrFN. The van der Waals surface area contributed by atoms with Crippen LogP contribution in [0.4, 0.5) is 4.39 Å². The number of hydrogen-bond donors (Lipinski definition) is 1. The lowest BCUT2D eigenvalue weighted by Crippen LogP contribution is -2.35. The van der Waals surface area contributed by atoms with E-state index in [4.69, 9.17) is 0 Å². The van der Waals surface area contributed by atoms with E-state index in [1.807, 2.05) is 0 Å². The van der Waals surface area contributed by atoms with E-state index in [2.05, 4.69) is 42.0 Å². The van der Waals surface area contributed by atoms with Crippen molar-refractivity contribution in [3.63, 3.8) is 0 Å². The van der Waals surface area contributed by atoms with Crippen LogP contribution in [0.5, 0.6) is 0 Å². The van der Waals surface area contributed by atoms with E-state index in [9.17, 15) is 4.39 Å². The molecule has 1 N–H and O–H groups in total. The van der Waals surface area contributed by atoms with Gasteiger partial charge in [0.2, 0.25) is 0 Å². The quantitative estimate of drug-likeness (QED) is 0.832. The third-order valence-electron chi connectivity index (χ3n) is 3.14. The van der Waals surface area contributed by atoms with Crippen molar-refractivity contribution in [2.45, 2.75) is 39.7 Å². The summed E-state index contributed by atoms with van der Waals surface area (Å²) in [7, 11) is 0. The highest BCUT2D eigenvalue weighted by atomic mass is 79.9. The van der Waals surface area contributed by atoms with Crippen LogP contribution in [-0.4, -0.2) is 12.6 Å². The number of halogens is 2. The van der Waals surface area contributed by atoms with Crippen molar-refractivity contribution in [1.82, 2.24) is 5.32 Å². The zero-order valence-electron chi connectivity index (χ0n) is 10.8. The minimum atomic E-state index is -0.160. The maximum absolute atomic E-state index is 13.2. The smallest absolute Gasteiger partial charge is 0.123 e. The van der Waals surface area contributed by atoms with E-state index >= 15 is 0 Å². The fourth-order valence-electron chi connectivity index (χ4n) is 2.20. The SMILES string of the molecule is CCNC(CC)C(C)Cc1cc(F)ccc1Br. The molecule has 0 bridgehead atoms. The van der Waals surface area contributed by atoms with E-state index in [1.165, 1.54) is 6.07 Å². The Hall–Kier alpha value is -0.410. The first kappa shape index (κ1) is 14.7. The molecule has 0 heterocycles. The largest absolute Gasteiger partial charge is 0.314 e. The highest BCUT2D eigenvalue weighted by molar-refractivity contribution is 9.10. The van der Waals surface area contributed by atoms with Gasteiger partial charge in [0.15, 0.2) is 0 Å². The van der Waals surface area contributed by atoms with Crippen LogP contribution in [0.25, 0.3) is 0 Å². The van der Waals surface area contributed by atoms with Crippen molar-refractivity contribution >= 4 is 15.9 Å². The molecule has 17 heavy (non-hydrogen) atoms. The summed E-state index contributed by atoms with van der Waals surface area (Å²) in [4.78, 5) is 0. The molecule has 0 aliphatic carbocycles. The van der Waals surface area contributed by atoms with Crippen molar-refractivity contribution in [2.75, 3.05) is 6.54 Å². The molecule has 0 radical (unpaired) electrons. The minimum absolute atomic E-state index is 0.160. The summed E-state index contributed by atoms with van der Waals surface area (Å²) >= 11 is 3.48. The van der Waals surface area contributed by atoms with Gasteiger partial charge in [0.05, 0.1) is 0 Å². The molecule has 0 aliphatic rings. The van der Waals surface area contributed by atoms with Crippen LogP contribution in [0, 0.1) is 11.7 Å². The molecule has 0 aromatic heterocycles. The highest BCUT2D eigenvalue weighted by Gasteiger charge is 2.16. The Morgan fingerprint density at radius 2 is 2.06 bits per heavy atom. The first-order valence-corrected chi connectivity index (χ1v) is 7.05. The lowest BCUT2D eigenvalue weighted by molar-refractivity contribution is 0.370. The highest BCUT2D eigenvalue weighted by Crippen LogP contribution is 2.23. The normalized spacial score (nSPS) is 14.6. The van der Waals surface area contributed by atoms with Gasteiger partial charge >= 0.3 is 0 Å². The molecule has 2 unspecified atom stereocenters. The van der Waals surface area contributed by atoms with Gasteiger partial charge in [-0.2, -0.15) is 0 Å². The summed E-state index contributed by atoms with van der Waals surface area (Å²) in [6.07, 6.45) is 1.99. The van der Waals surface area contributed by atoms with Crippen molar-refractivity contribution < 1.29 is 4.39 Å². The Morgan fingerprint density at radius 3 is 2.65 bits per heavy atom. The number of benzene rings is 1. The zero-order valence-corrected chi connectivity index (χ0v) is 12.3. The van der Waals surface area contributed by atoms with Crippen LogP contribution in [0.3, 0.4) is 0 Å². The molecule has 1 nitrogen and oxygen atoms in total. The van der Waals surface area contributed by atoms with Gasteiger partial charge in [0.25, 0.3) is 0 Å². The van der Waals surface area contributed by atoms with Crippen LogP contribution in [0.2, 0.25) is 0 Å². The Bertz CT molecular complexity index is 354. The molecule has 0 saturated carbocycles. The average Bonchev–Trinajstić information content (AvgIpc) is 2.30. The molecule has 1 rings (SSSR count). The maximum atomic E-state index is 13.2. The van der Waals surface area contributed by atoms with E-state index in [1.54, 1.807) is 12.1 Å². The molecule has 2 atom stereocenters. The third-order valence-corrected chi connectivity index (χ3v) is 3.92. The Labute approximate surface area is 112 Å². The van der Waals surface area contributed by atoms with Crippen LogP contribution >= 0.6 is 15.9 Å². The van der Waals surface area contributed by atoms with Crippen molar-refractivity contribution in [1.29, 1.82) is 0 Å². The van der Waals surface area contributed by atoms with Crippen molar-refractivity contribution in [3.8, 4) is 0 Å². The van der Waals surface area contributed by atoms with E-state index in [0.29, 0.717) is 12.0 Å². The molecule has 1 aromatic carbocycles. The molecule has 96 valence electrons. The van der Waals surface area contributed by atoms with E-state index in [0.717, 1.165) is 29.4 Å². The monoisotopic (exact) mass is 301 g/mol. The lowest BCUT2D eigenvalue weighted by Gasteiger charge is -2.24. The maximum Gasteiger partial charge on any atom is 0.123 e. The van der Waals surface area contributed by atoms with Crippen molar-refractivity contribution in [3.05, 3.63) is 34.1 Å². The van der Waals surface area contributed by atoms with E-state index < -0.39 is 0 Å².